The Morgan fingerprint density at radius 3 is 3.00 bits per heavy atom. The first-order chi connectivity index (χ1) is 10.1. The van der Waals surface area contributed by atoms with Gasteiger partial charge in [-0.25, -0.2) is 0 Å². The van der Waals surface area contributed by atoms with Crippen LogP contribution in [0.3, 0.4) is 0 Å². The summed E-state index contributed by atoms with van der Waals surface area (Å²) in [4.78, 5) is 0. The molecule has 1 aromatic rings. The zero-order valence-electron chi connectivity index (χ0n) is 11.7. The second kappa shape index (κ2) is 5.83. The van der Waals surface area contributed by atoms with Crippen molar-refractivity contribution in [1.29, 1.82) is 5.41 Å². The van der Waals surface area contributed by atoms with Crippen LogP contribution in [0, 0.1) is 5.41 Å². The standard InChI is InChI=1S/C15H19ClN2O3/c16-10-1-2-12(14(17)18)13(7-10)21-11-3-5-20-15(8-11)4-6-19-9-15/h1-2,7,11H,3-6,8-9H2,(H3,17,18). The molecule has 2 atom stereocenters. The molecule has 6 heteroatoms. The molecule has 21 heavy (non-hydrogen) atoms. The second-order valence-corrected chi connectivity index (χ2v) is 6.06. The lowest BCUT2D eigenvalue weighted by Crippen LogP contribution is -2.44. The first kappa shape index (κ1) is 14.6. The van der Waals surface area contributed by atoms with Crippen molar-refractivity contribution in [3.05, 3.63) is 28.8 Å². The van der Waals surface area contributed by atoms with Crippen LogP contribution in [0.25, 0.3) is 0 Å². The number of benzene rings is 1. The number of hydrogen-bond acceptors (Lipinski definition) is 4. The second-order valence-electron chi connectivity index (χ2n) is 5.62. The van der Waals surface area contributed by atoms with Gasteiger partial charge in [-0.1, -0.05) is 11.6 Å². The Labute approximate surface area is 128 Å². The van der Waals surface area contributed by atoms with E-state index in [1.54, 1.807) is 18.2 Å². The van der Waals surface area contributed by atoms with Crippen LogP contribution >= 0.6 is 11.6 Å². The molecule has 0 radical (unpaired) electrons. The van der Waals surface area contributed by atoms with Crippen molar-refractivity contribution in [2.45, 2.75) is 31.0 Å². The van der Waals surface area contributed by atoms with Crippen LogP contribution in [0.2, 0.25) is 5.02 Å². The fourth-order valence-electron chi connectivity index (χ4n) is 2.94. The summed E-state index contributed by atoms with van der Waals surface area (Å²) in [5.41, 5.74) is 5.96. The molecule has 0 aromatic heterocycles. The monoisotopic (exact) mass is 310 g/mol. The van der Waals surface area contributed by atoms with Gasteiger partial charge in [0.05, 0.1) is 24.4 Å². The Morgan fingerprint density at radius 2 is 2.29 bits per heavy atom. The highest BCUT2D eigenvalue weighted by Crippen LogP contribution is 2.35. The molecule has 2 aliphatic rings. The number of nitrogens with two attached hydrogens (primary N) is 1. The average molecular weight is 311 g/mol. The van der Waals surface area contributed by atoms with E-state index in [2.05, 4.69) is 0 Å². The van der Waals surface area contributed by atoms with E-state index in [4.69, 9.17) is 37.0 Å². The van der Waals surface area contributed by atoms with Gasteiger partial charge in [0.15, 0.2) is 0 Å². The van der Waals surface area contributed by atoms with Crippen molar-refractivity contribution in [3.63, 3.8) is 0 Å². The van der Waals surface area contributed by atoms with Crippen LogP contribution in [-0.2, 0) is 9.47 Å². The molecule has 2 saturated heterocycles. The third-order valence-corrected chi connectivity index (χ3v) is 4.28. The zero-order chi connectivity index (χ0) is 14.9. The minimum atomic E-state index is -0.210. The number of halogens is 1. The summed E-state index contributed by atoms with van der Waals surface area (Å²) in [7, 11) is 0. The normalized spacial score (nSPS) is 28.7. The van der Waals surface area contributed by atoms with Gasteiger partial charge in [-0.15, -0.1) is 0 Å². The van der Waals surface area contributed by atoms with Gasteiger partial charge >= 0.3 is 0 Å². The van der Waals surface area contributed by atoms with Crippen LogP contribution in [0.5, 0.6) is 5.75 Å². The highest BCUT2D eigenvalue weighted by Gasteiger charge is 2.42. The minimum Gasteiger partial charge on any atom is -0.489 e. The van der Waals surface area contributed by atoms with Gasteiger partial charge in [-0.2, -0.15) is 0 Å². The zero-order valence-corrected chi connectivity index (χ0v) is 12.5. The Kier molecular flexibility index (Phi) is 4.06. The van der Waals surface area contributed by atoms with Gasteiger partial charge in [0.1, 0.15) is 17.7 Å². The van der Waals surface area contributed by atoms with E-state index in [1.165, 1.54) is 0 Å². The highest BCUT2D eigenvalue weighted by atomic mass is 35.5. The quantitative estimate of drug-likeness (QED) is 0.663. The summed E-state index contributed by atoms with van der Waals surface area (Å²) < 4.78 is 17.4. The lowest BCUT2D eigenvalue weighted by Gasteiger charge is -2.37. The molecule has 3 rings (SSSR count). The maximum atomic E-state index is 7.63. The fourth-order valence-corrected chi connectivity index (χ4v) is 3.10. The molecule has 1 aromatic carbocycles. The van der Waals surface area contributed by atoms with Crippen molar-refractivity contribution in [2.24, 2.45) is 5.73 Å². The number of nitrogens with one attached hydrogen (secondary N) is 1. The number of hydrogen-bond donors (Lipinski definition) is 2. The maximum Gasteiger partial charge on any atom is 0.132 e. The molecule has 0 amide bonds. The molecule has 2 unspecified atom stereocenters. The number of ether oxygens (including phenoxy) is 3. The molecule has 0 saturated carbocycles. The van der Waals surface area contributed by atoms with Gasteiger partial charge < -0.3 is 19.9 Å². The summed E-state index contributed by atoms with van der Waals surface area (Å²) in [6.07, 6.45) is 2.53. The van der Waals surface area contributed by atoms with E-state index in [-0.39, 0.29) is 17.5 Å². The summed E-state index contributed by atoms with van der Waals surface area (Å²) in [6.45, 7) is 2.02. The number of nitrogen functional groups attached to an aromatic ring is 1. The third-order valence-electron chi connectivity index (χ3n) is 4.04. The van der Waals surface area contributed by atoms with Crippen molar-refractivity contribution >= 4 is 17.4 Å². The lowest BCUT2D eigenvalue weighted by atomic mass is 9.91. The number of rotatable bonds is 3. The first-order valence-corrected chi connectivity index (χ1v) is 7.48. The average Bonchev–Trinajstić information content (AvgIpc) is 2.86. The van der Waals surface area contributed by atoms with E-state index in [0.29, 0.717) is 29.5 Å². The minimum absolute atomic E-state index is 0.0207. The van der Waals surface area contributed by atoms with Crippen LogP contribution in [0.15, 0.2) is 18.2 Å². The Bertz CT molecular complexity index is 544. The van der Waals surface area contributed by atoms with E-state index < -0.39 is 0 Å². The SMILES string of the molecule is N=C(N)c1ccc(Cl)cc1OC1CCOC2(CCOC2)C1. The lowest BCUT2D eigenvalue weighted by molar-refractivity contribution is -0.112. The van der Waals surface area contributed by atoms with Gasteiger partial charge in [0.2, 0.25) is 0 Å². The van der Waals surface area contributed by atoms with Crippen LogP contribution in [0.4, 0.5) is 0 Å². The molecular weight excluding hydrogens is 292 g/mol. The summed E-state index contributed by atoms with van der Waals surface area (Å²) >= 11 is 6.02. The Hall–Kier alpha value is -1.30. The topological polar surface area (TPSA) is 77.6 Å². The van der Waals surface area contributed by atoms with Crippen molar-refractivity contribution in [2.75, 3.05) is 19.8 Å². The molecule has 114 valence electrons. The summed E-state index contributed by atoms with van der Waals surface area (Å²) in [5, 5.41) is 8.20. The predicted octanol–water partition coefficient (Wildman–Crippen LogP) is 2.34. The third kappa shape index (κ3) is 3.15. The van der Waals surface area contributed by atoms with Crippen molar-refractivity contribution in [1.82, 2.24) is 0 Å². The first-order valence-electron chi connectivity index (χ1n) is 7.10. The molecule has 2 heterocycles. The molecular formula is C15H19ClN2O3. The smallest absolute Gasteiger partial charge is 0.132 e. The molecule has 2 fully saturated rings. The van der Waals surface area contributed by atoms with Gasteiger partial charge in [0, 0.05) is 30.9 Å². The molecule has 5 nitrogen and oxygen atoms in total. The Balaban J connectivity index is 1.77. The van der Waals surface area contributed by atoms with Crippen LogP contribution < -0.4 is 10.5 Å². The molecule has 1 spiro atoms. The van der Waals surface area contributed by atoms with E-state index in [9.17, 15) is 0 Å². The van der Waals surface area contributed by atoms with E-state index in [1.807, 2.05) is 0 Å². The van der Waals surface area contributed by atoms with Gasteiger partial charge in [0.25, 0.3) is 0 Å². The van der Waals surface area contributed by atoms with Crippen LogP contribution in [-0.4, -0.2) is 37.4 Å². The highest BCUT2D eigenvalue weighted by molar-refractivity contribution is 6.30. The molecule has 0 aliphatic carbocycles. The van der Waals surface area contributed by atoms with E-state index in [0.717, 1.165) is 25.9 Å². The fraction of sp³-hybridized carbons (Fsp3) is 0.533. The molecule has 3 N–H and O–H groups in total. The summed E-state index contributed by atoms with van der Waals surface area (Å²) in [6, 6.07) is 5.14. The van der Waals surface area contributed by atoms with E-state index >= 15 is 0 Å². The molecule has 2 aliphatic heterocycles. The Morgan fingerprint density at radius 1 is 1.43 bits per heavy atom. The maximum absolute atomic E-state index is 7.63. The number of amidine groups is 1. The summed E-state index contributed by atoms with van der Waals surface area (Å²) in [5.74, 6) is 0.545. The van der Waals surface area contributed by atoms with Gasteiger partial charge in [-0.05, 0) is 18.2 Å². The van der Waals surface area contributed by atoms with Crippen molar-refractivity contribution in [3.8, 4) is 5.75 Å². The molecule has 0 bridgehead atoms. The largest absolute Gasteiger partial charge is 0.489 e. The van der Waals surface area contributed by atoms with Gasteiger partial charge in [-0.3, -0.25) is 5.41 Å². The van der Waals surface area contributed by atoms with Crippen molar-refractivity contribution < 1.29 is 14.2 Å². The van der Waals surface area contributed by atoms with Crippen LogP contribution in [0.1, 0.15) is 24.8 Å². The predicted molar refractivity (Wildman–Crippen MR) is 80.2 cm³/mol.